The Morgan fingerprint density at radius 1 is 1.62 bits per heavy atom. The number of methoxy groups -OCH3 is 1. The zero-order valence-corrected chi connectivity index (χ0v) is 8.41. The summed E-state index contributed by atoms with van der Waals surface area (Å²) in [6.07, 6.45) is -1.08. The van der Waals surface area contributed by atoms with Gasteiger partial charge in [0.2, 0.25) is 0 Å². The van der Waals surface area contributed by atoms with E-state index < -0.39 is 16.3 Å². The first kappa shape index (κ1) is 12.2. The summed E-state index contributed by atoms with van der Waals surface area (Å²) in [6, 6.07) is 0. The van der Waals surface area contributed by atoms with Gasteiger partial charge in [0.15, 0.2) is 0 Å². The van der Waals surface area contributed by atoms with E-state index in [1.807, 2.05) is 4.72 Å². The number of halogens is 1. The number of rotatable bonds is 4. The van der Waals surface area contributed by atoms with E-state index >= 15 is 0 Å². The average Bonchev–Trinajstić information content (AvgIpc) is 2.00. The molecule has 0 radical (unpaired) electrons. The molecule has 0 aromatic rings. The Kier molecular flexibility index (Phi) is 4.74. The summed E-state index contributed by atoms with van der Waals surface area (Å²) in [7, 11) is -2.86. The molecule has 0 fully saturated rings. The van der Waals surface area contributed by atoms with Crippen LogP contribution in [0.5, 0.6) is 0 Å². The van der Waals surface area contributed by atoms with Crippen LogP contribution in [0.4, 0.5) is 4.79 Å². The topological polar surface area (TPSA) is 84.5 Å². The molecule has 0 aromatic heterocycles. The van der Waals surface area contributed by atoms with Crippen molar-refractivity contribution in [2.75, 3.05) is 13.7 Å². The van der Waals surface area contributed by atoms with E-state index in [1.165, 1.54) is 0 Å². The maximum Gasteiger partial charge on any atom is 0.421 e. The van der Waals surface area contributed by atoms with Crippen molar-refractivity contribution in [2.24, 2.45) is 0 Å². The molecule has 0 unspecified atom stereocenters. The van der Waals surface area contributed by atoms with Gasteiger partial charge < -0.3 is 4.74 Å². The molecular weight excluding hydrogens is 220 g/mol. The molecule has 0 saturated heterocycles. The number of carbonyl (C=O) groups excluding carboxylic acids is 1. The third kappa shape index (κ3) is 6.38. The maximum atomic E-state index is 10.9. The second-order valence-corrected chi connectivity index (χ2v) is 3.97. The summed E-state index contributed by atoms with van der Waals surface area (Å²) in [6.45, 7) is 3.09. The Morgan fingerprint density at radius 3 is 2.54 bits per heavy atom. The van der Waals surface area contributed by atoms with E-state index in [0.717, 1.165) is 7.11 Å². The molecule has 0 rings (SSSR count). The minimum atomic E-state index is -3.91. The fourth-order valence-corrected chi connectivity index (χ4v) is 1.25. The van der Waals surface area contributed by atoms with Gasteiger partial charge in [-0.3, -0.25) is 0 Å². The summed E-state index contributed by atoms with van der Waals surface area (Å²) >= 11 is 5.29. The Bertz CT molecular complexity index is 300. The lowest BCUT2D eigenvalue weighted by molar-refractivity contribution is 0.177. The van der Waals surface area contributed by atoms with Crippen LogP contribution in [-0.2, 0) is 14.9 Å². The van der Waals surface area contributed by atoms with Crippen molar-refractivity contribution >= 4 is 27.9 Å². The average molecular weight is 229 g/mol. The molecule has 0 aliphatic rings. The smallest absolute Gasteiger partial charge is 0.421 e. The highest BCUT2D eigenvalue weighted by Crippen LogP contribution is 1.93. The Hall–Kier alpha value is -0.790. The van der Waals surface area contributed by atoms with Crippen LogP contribution in [0.25, 0.3) is 0 Å². The predicted molar refractivity (Wildman–Crippen MR) is 47.5 cm³/mol. The molecule has 0 heterocycles. The van der Waals surface area contributed by atoms with E-state index in [-0.39, 0.29) is 11.6 Å². The van der Waals surface area contributed by atoms with Gasteiger partial charge in [-0.05, 0) is 0 Å². The monoisotopic (exact) mass is 228 g/mol. The SMILES string of the molecule is C=C(Cl)CNS(=O)(=O)NC(=O)OC. The number of hydrogen-bond donors (Lipinski definition) is 2. The van der Waals surface area contributed by atoms with Gasteiger partial charge in [0, 0.05) is 11.6 Å². The quantitative estimate of drug-likeness (QED) is 0.706. The minimum Gasteiger partial charge on any atom is -0.452 e. The molecule has 13 heavy (non-hydrogen) atoms. The summed E-state index contributed by atoms with van der Waals surface area (Å²) < 4.78 is 29.3. The molecule has 0 spiro atoms. The first-order chi connectivity index (χ1) is 5.87. The molecule has 1 amide bonds. The van der Waals surface area contributed by atoms with E-state index in [1.54, 1.807) is 4.72 Å². The summed E-state index contributed by atoms with van der Waals surface area (Å²) in [4.78, 5) is 10.5. The van der Waals surface area contributed by atoms with Crippen molar-refractivity contribution in [3.05, 3.63) is 11.6 Å². The summed E-state index contributed by atoms with van der Waals surface area (Å²) in [5.74, 6) is 0. The lowest BCUT2D eigenvalue weighted by atomic mass is 10.7. The van der Waals surface area contributed by atoms with Gasteiger partial charge in [0.25, 0.3) is 0 Å². The van der Waals surface area contributed by atoms with E-state index in [4.69, 9.17) is 11.6 Å². The second-order valence-electron chi connectivity index (χ2n) is 1.94. The molecule has 0 aliphatic heterocycles. The Morgan fingerprint density at radius 2 is 2.15 bits per heavy atom. The zero-order chi connectivity index (χ0) is 10.5. The van der Waals surface area contributed by atoms with Crippen LogP contribution >= 0.6 is 11.6 Å². The van der Waals surface area contributed by atoms with Crippen molar-refractivity contribution in [1.82, 2.24) is 9.44 Å². The summed E-state index contributed by atoms with van der Waals surface area (Å²) in [5, 5.41) is 0.107. The highest BCUT2D eigenvalue weighted by molar-refractivity contribution is 7.88. The fourth-order valence-electron chi connectivity index (χ4n) is 0.361. The molecule has 0 aliphatic carbocycles. The van der Waals surface area contributed by atoms with Crippen LogP contribution in [0.15, 0.2) is 11.6 Å². The molecule has 0 saturated carbocycles. The van der Waals surface area contributed by atoms with Gasteiger partial charge in [-0.15, -0.1) is 0 Å². The fraction of sp³-hybridized carbons (Fsp3) is 0.400. The van der Waals surface area contributed by atoms with Gasteiger partial charge in [-0.25, -0.2) is 9.52 Å². The van der Waals surface area contributed by atoms with Crippen molar-refractivity contribution in [3.63, 3.8) is 0 Å². The van der Waals surface area contributed by atoms with Gasteiger partial charge in [0.1, 0.15) is 0 Å². The molecule has 8 heteroatoms. The minimum absolute atomic E-state index is 0.107. The van der Waals surface area contributed by atoms with Crippen LogP contribution in [0.2, 0.25) is 0 Å². The first-order valence-corrected chi connectivity index (χ1v) is 4.92. The van der Waals surface area contributed by atoms with Crippen molar-refractivity contribution in [1.29, 1.82) is 0 Å². The molecule has 0 bridgehead atoms. The molecule has 6 nitrogen and oxygen atoms in total. The molecular formula is C5H9ClN2O4S. The van der Waals surface area contributed by atoms with Gasteiger partial charge in [-0.2, -0.15) is 13.1 Å². The van der Waals surface area contributed by atoms with Gasteiger partial charge >= 0.3 is 16.3 Å². The molecule has 76 valence electrons. The van der Waals surface area contributed by atoms with E-state index in [9.17, 15) is 13.2 Å². The number of hydrogen-bond acceptors (Lipinski definition) is 4. The lowest BCUT2D eigenvalue weighted by Crippen LogP contribution is -2.40. The summed E-state index contributed by atoms with van der Waals surface area (Å²) in [5.41, 5.74) is 0. The van der Waals surface area contributed by atoms with E-state index in [2.05, 4.69) is 11.3 Å². The van der Waals surface area contributed by atoms with E-state index in [0.29, 0.717) is 0 Å². The Labute approximate surface area is 81.1 Å². The maximum absolute atomic E-state index is 10.9. The first-order valence-electron chi connectivity index (χ1n) is 3.06. The van der Waals surface area contributed by atoms with Crippen molar-refractivity contribution < 1.29 is 17.9 Å². The second kappa shape index (κ2) is 5.05. The van der Waals surface area contributed by atoms with Crippen LogP contribution in [0.1, 0.15) is 0 Å². The highest BCUT2D eigenvalue weighted by atomic mass is 35.5. The normalized spacial score (nSPS) is 10.6. The number of ether oxygens (including phenoxy) is 1. The third-order valence-electron chi connectivity index (χ3n) is 0.857. The number of amides is 1. The van der Waals surface area contributed by atoms with Crippen molar-refractivity contribution in [3.8, 4) is 0 Å². The molecule has 0 aromatic carbocycles. The Balaban J connectivity index is 4.10. The van der Waals surface area contributed by atoms with Crippen LogP contribution in [-0.4, -0.2) is 28.2 Å². The number of carbonyl (C=O) groups is 1. The highest BCUT2D eigenvalue weighted by Gasteiger charge is 2.13. The van der Waals surface area contributed by atoms with Crippen LogP contribution in [0.3, 0.4) is 0 Å². The largest absolute Gasteiger partial charge is 0.452 e. The zero-order valence-electron chi connectivity index (χ0n) is 6.83. The van der Waals surface area contributed by atoms with Gasteiger partial charge in [0.05, 0.1) is 7.11 Å². The van der Waals surface area contributed by atoms with Gasteiger partial charge in [-0.1, -0.05) is 18.2 Å². The van der Waals surface area contributed by atoms with Crippen molar-refractivity contribution in [2.45, 2.75) is 0 Å². The molecule has 0 atom stereocenters. The predicted octanol–water partition coefficient (Wildman–Crippen LogP) is -0.0707. The third-order valence-corrected chi connectivity index (χ3v) is 1.95. The van der Waals surface area contributed by atoms with Crippen LogP contribution < -0.4 is 9.44 Å². The lowest BCUT2D eigenvalue weighted by Gasteiger charge is -2.05. The standard InChI is InChI=1S/C5H9ClN2O4S/c1-4(6)3-7-13(10,11)8-5(9)12-2/h7H,1,3H2,2H3,(H,8,9). The number of nitrogens with one attached hydrogen (secondary N) is 2. The van der Waals surface area contributed by atoms with Crippen LogP contribution in [0, 0.1) is 0 Å². The molecule has 2 N–H and O–H groups in total.